The van der Waals surface area contributed by atoms with Gasteiger partial charge in [-0.1, -0.05) is 22.9 Å². The molecule has 1 aromatic carbocycles. The van der Waals surface area contributed by atoms with Gasteiger partial charge in [0.2, 0.25) is 5.89 Å². The zero-order valence-electron chi connectivity index (χ0n) is 11.3. The maximum atomic E-state index is 6.05. The van der Waals surface area contributed by atoms with Gasteiger partial charge in [-0.15, -0.1) is 11.8 Å². The fourth-order valence-corrected chi connectivity index (χ4v) is 4.30. The second-order valence-corrected chi connectivity index (χ2v) is 7.09. The third-order valence-electron chi connectivity index (χ3n) is 3.28. The van der Waals surface area contributed by atoms with Crippen molar-refractivity contribution in [3.05, 3.63) is 41.5 Å². The molecule has 1 aromatic heterocycles. The van der Waals surface area contributed by atoms with E-state index in [2.05, 4.69) is 41.3 Å². The molecule has 1 aliphatic heterocycles. The third kappa shape index (κ3) is 3.19. The van der Waals surface area contributed by atoms with Crippen molar-refractivity contribution < 1.29 is 4.52 Å². The second kappa shape index (κ2) is 6.20. The molecule has 6 heteroatoms. The van der Waals surface area contributed by atoms with Gasteiger partial charge in [0.1, 0.15) is 0 Å². The summed E-state index contributed by atoms with van der Waals surface area (Å²) in [4.78, 5) is 5.71. The van der Waals surface area contributed by atoms with Crippen molar-refractivity contribution in [3.63, 3.8) is 0 Å². The van der Waals surface area contributed by atoms with E-state index < -0.39 is 0 Å². The van der Waals surface area contributed by atoms with E-state index >= 15 is 0 Å². The number of hydrogen-bond donors (Lipinski definition) is 1. The summed E-state index contributed by atoms with van der Waals surface area (Å²) in [5.74, 6) is 4.33. The summed E-state index contributed by atoms with van der Waals surface area (Å²) in [5, 5.41) is 4.06. The summed E-state index contributed by atoms with van der Waals surface area (Å²) in [7, 11) is 0. The average molecular weight is 307 g/mol. The predicted octanol–water partition coefficient (Wildman–Crippen LogP) is 2.83. The van der Waals surface area contributed by atoms with Crippen LogP contribution < -0.4 is 5.73 Å². The van der Waals surface area contributed by atoms with Crippen molar-refractivity contribution >= 4 is 23.5 Å². The third-order valence-corrected chi connectivity index (χ3v) is 5.49. The zero-order chi connectivity index (χ0) is 13.9. The van der Waals surface area contributed by atoms with Gasteiger partial charge in [-0.05, 0) is 19.1 Å². The van der Waals surface area contributed by atoms with Crippen LogP contribution in [0.5, 0.6) is 0 Å². The van der Waals surface area contributed by atoms with E-state index in [1.54, 1.807) is 11.8 Å². The van der Waals surface area contributed by atoms with E-state index in [4.69, 9.17) is 10.3 Å². The number of rotatable bonds is 4. The Morgan fingerprint density at radius 1 is 1.45 bits per heavy atom. The monoisotopic (exact) mass is 307 g/mol. The van der Waals surface area contributed by atoms with Crippen molar-refractivity contribution in [2.75, 3.05) is 11.5 Å². The number of nitrogens with zero attached hydrogens (tertiary/aromatic N) is 2. The van der Waals surface area contributed by atoms with Crippen molar-refractivity contribution in [2.24, 2.45) is 5.73 Å². The first-order valence-electron chi connectivity index (χ1n) is 6.57. The molecule has 0 aliphatic carbocycles. The Balaban J connectivity index is 1.63. The summed E-state index contributed by atoms with van der Waals surface area (Å²) in [6.45, 7) is 2.09. The summed E-state index contributed by atoms with van der Waals surface area (Å²) in [5.41, 5.74) is 7.31. The Labute approximate surface area is 126 Å². The van der Waals surface area contributed by atoms with E-state index in [-0.39, 0.29) is 12.0 Å². The molecule has 106 valence electrons. The van der Waals surface area contributed by atoms with Gasteiger partial charge in [0.05, 0.1) is 11.7 Å². The van der Waals surface area contributed by atoms with Crippen LogP contribution in [-0.4, -0.2) is 27.7 Å². The Hall–Kier alpha value is -0.980. The molecule has 3 rings (SSSR count). The summed E-state index contributed by atoms with van der Waals surface area (Å²) in [6, 6.07) is 8.55. The van der Waals surface area contributed by atoms with Crippen LogP contribution in [0.15, 0.2) is 33.7 Å². The van der Waals surface area contributed by atoms with Gasteiger partial charge in [-0.3, -0.25) is 0 Å². The molecule has 0 radical (unpaired) electrons. The first-order chi connectivity index (χ1) is 9.72. The highest BCUT2D eigenvalue weighted by Crippen LogP contribution is 2.31. The molecular weight excluding hydrogens is 290 g/mol. The molecule has 20 heavy (non-hydrogen) atoms. The van der Waals surface area contributed by atoms with Crippen molar-refractivity contribution in [2.45, 2.75) is 29.5 Å². The molecule has 2 unspecified atom stereocenters. The number of benzene rings is 1. The maximum Gasteiger partial charge on any atom is 0.232 e. The van der Waals surface area contributed by atoms with Gasteiger partial charge in [-0.2, -0.15) is 16.7 Å². The van der Waals surface area contributed by atoms with E-state index in [1.165, 1.54) is 10.5 Å². The van der Waals surface area contributed by atoms with Crippen LogP contribution in [-0.2, 0) is 5.75 Å². The topological polar surface area (TPSA) is 64.9 Å². The molecule has 2 aromatic rings. The standard InChI is InChI=1S/C14H17N3OS2/c1-9-3-2-4-10(5-9)20-8-13-16-14(18-17-13)11-6-19-7-12(11)15/h2-5,11-12H,6-8,15H2,1H3. The lowest BCUT2D eigenvalue weighted by Gasteiger charge is -2.07. The number of thioether (sulfide) groups is 2. The van der Waals surface area contributed by atoms with E-state index in [0.29, 0.717) is 5.89 Å². The molecule has 0 saturated carbocycles. The number of aromatic nitrogens is 2. The van der Waals surface area contributed by atoms with Gasteiger partial charge in [0, 0.05) is 22.4 Å². The SMILES string of the molecule is Cc1cccc(SCc2noc(C3CSCC3N)n2)c1. The van der Waals surface area contributed by atoms with Crippen LogP contribution >= 0.6 is 23.5 Å². The summed E-state index contributed by atoms with van der Waals surface area (Å²) in [6.07, 6.45) is 0. The minimum absolute atomic E-state index is 0.137. The van der Waals surface area contributed by atoms with Crippen LogP contribution in [0.1, 0.15) is 23.2 Å². The normalized spacial score (nSPS) is 22.3. The average Bonchev–Trinajstić information content (AvgIpc) is 3.05. The van der Waals surface area contributed by atoms with Gasteiger partial charge >= 0.3 is 0 Å². The fraction of sp³-hybridized carbons (Fsp3) is 0.429. The molecule has 4 nitrogen and oxygen atoms in total. The lowest BCUT2D eigenvalue weighted by molar-refractivity contribution is 0.349. The van der Waals surface area contributed by atoms with Gasteiger partial charge in [0.15, 0.2) is 5.82 Å². The molecule has 1 saturated heterocycles. The molecule has 0 amide bonds. The largest absolute Gasteiger partial charge is 0.339 e. The first kappa shape index (κ1) is 14.0. The Bertz CT molecular complexity index is 587. The second-order valence-electron chi connectivity index (χ2n) is 4.96. The zero-order valence-corrected chi connectivity index (χ0v) is 12.9. The minimum Gasteiger partial charge on any atom is -0.339 e. The Morgan fingerprint density at radius 3 is 3.10 bits per heavy atom. The van der Waals surface area contributed by atoms with E-state index in [1.807, 2.05) is 11.8 Å². The summed E-state index contributed by atoms with van der Waals surface area (Å²) >= 11 is 3.57. The molecule has 2 atom stereocenters. The molecule has 2 N–H and O–H groups in total. The molecule has 1 fully saturated rings. The van der Waals surface area contributed by atoms with Gasteiger partial charge < -0.3 is 10.3 Å². The Morgan fingerprint density at radius 2 is 2.35 bits per heavy atom. The predicted molar refractivity (Wildman–Crippen MR) is 83.1 cm³/mol. The lowest BCUT2D eigenvalue weighted by Crippen LogP contribution is -2.26. The van der Waals surface area contributed by atoms with Crippen molar-refractivity contribution in [1.29, 1.82) is 0 Å². The van der Waals surface area contributed by atoms with Gasteiger partial charge in [-0.25, -0.2) is 0 Å². The van der Waals surface area contributed by atoms with E-state index in [9.17, 15) is 0 Å². The highest BCUT2D eigenvalue weighted by Gasteiger charge is 2.30. The quantitative estimate of drug-likeness (QED) is 0.876. The molecule has 0 bridgehead atoms. The minimum atomic E-state index is 0.137. The number of aryl methyl sites for hydroxylation is 1. The smallest absolute Gasteiger partial charge is 0.232 e. The van der Waals surface area contributed by atoms with E-state index in [0.717, 1.165) is 23.1 Å². The number of hydrogen-bond acceptors (Lipinski definition) is 6. The molecule has 2 heterocycles. The number of nitrogens with two attached hydrogens (primary N) is 1. The molecule has 0 spiro atoms. The Kier molecular flexibility index (Phi) is 4.33. The fourth-order valence-electron chi connectivity index (χ4n) is 2.15. The highest BCUT2D eigenvalue weighted by atomic mass is 32.2. The van der Waals surface area contributed by atoms with Crippen LogP contribution in [0.2, 0.25) is 0 Å². The lowest BCUT2D eigenvalue weighted by atomic mass is 10.1. The molecular formula is C14H17N3OS2. The maximum absolute atomic E-state index is 6.05. The van der Waals surface area contributed by atoms with Crippen molar-refractivity contribution in [3.8, 4) is 0 Å². The van der Waals surface area contributed by atoms with Crippen LogP contribution in [0.3, 0.4) is 0 Å². The van der Waals surface area contributed by atoms with Crippen LogP contribution in [0, 0.1) is 6.92 Å². The summed E-state index contributed by atoms with van der Waals surface area (Å²) < 4.78 is 5.36. The highest BCUT2D eigenvalue weighted by molar-refractivity contribution is 7.99. The van der Waals surface area contributed by atoms with Crippen molar-refractivity contribution in [1.82, 2.24) is 10.1 Å². The van der Waals surface area contributed by atoms with Crippen LogP contribution in [0.25, 0.3) is 0 Å². The van der Waals surface area contributed by atoms with Gasteiger partial charge in [0.25, 0.3) is 0 Å². The molecule has 1 aliphatic rings. The first-order valence-corrected chi connectivity index (χ1v) is 8.71. The van der Waals surface area contributed by atoms with Crippen LogP contribution in [0.4, 0.5) is 0 Å².